The van der Waals surface area contributed by atoms with Gasteiger partial charge in [-0.2, -0.15) is 14.8 Å². The first-order valence-electron chi connectivity index (χ1n) is 9.85. The average molecular weight is 473 g/mol. The van der Waals surface area contributed by atoms with Crippen LogP contribution in [0.15, 0.2) is 86.6 Å². The standard InChI is InChI=1S/C24H17BrN4O2/c1-2-15-10-12-18(13-11-15)29-24(30)20-9-4-3-8-19(20)21(27-29)23-26-22(28-31-23)16-6-5-7-17(25)14-16/h3-14H,2H2,1H3. The summed E-state index contributed by atoms with van der Waals surface area (Å²) in [5.74, 6) is 0.706. The van der Waals surface area contributed by atoms with Crippen LogP contribution in [-0.2, 0) is 6.42 Å². The molecule has 2 heterocycles. The zero-order valence-corrected chi connectivity index (χ0v) is 18.2. The second kappa shape index (κ2) is 7.92. The van der Waals surface area contributed by atoms with Gasteiger partial charge in [-0.25, -0.2) is 0 Å². The van der Waals surface area contributed by atoms with Gasteiger partial charge >= 0.3 is 0 Å². The van der Waals surface area contributed by atoms with Gasteiger partial charge in [0.2, 0.25) is 5.82 Å². The van der Waals surface area contributed by atoms with Gasteiger partial charge in [-0.1, -0.05) is 70.5 Å². The maximum Gasteiger partial charge on any atom is 0.279 e. The first-order chi connectivity index (χ1) is 15.1. The number of aryl methyl sites for hydroxylation is 1. The minimum Gasteiger partial charge on any atom is -0.332 e. The number of halogens is 1. The number of hydrogen-bond donors (Lipinski definition) is 0. The molecular weight excluding hydrogens is 456 g/mol. The molecule has 3 aromatic carbocycles. The van der Waals surface area contributed by atoms with Crippen molar-refractivity contribution in [2.24, 2.45) is 0 Å². The maximum absolute atomic E-state index is 13.2. The van der Waals surface area contributed by atoms with Crippen molar-refractivity contribution >= 4 is 26.7 Å². The lowest BCUT2D eigenvalue weighted by Crippen LogP contribution is -2.22. The van der Waals surface area contributed by atoms with Crippen molar-refractivity contribution in [1.29, 1.82) is 0 Å². The lowest BCUT2D eigenvalue weighted by Gasteiger charge is -2.09. The molecule has 0 N–H and O–H groups in total. The molecule has 2 aromatic heterocycles. The minimum atomic E-state index is -0.199. The predicted molar refractivity (Wildman–Crippen MR) is 123 cm³/mol. The van der Waals surface area contributed by atoms with Crippen LogP contribution in [-0.4, -0.2) is 19.9 Å². The number of rotatable bonds is 4. The van der Waals surface area contributed by atoms with Crippen LogP contribution in [0.1, 0.15) is 12.5 Å². The third kappa shape index (κ3) is 3.57. The van der Waals surface area contributed by atoms with Crippen molar-refractivity contribution in [3.63, 3.8) is 0 Å². The van der Waals surface area contributed by atoms with E-state index in [1.165, 1.54) is 10.2 Å². The van der Waals surface area contributed by atoms with E-state index in [4.69, 9.17) is 4.52 Å². The monoisotopic (exact) mass is 472 g/mol. The highest BCUT2D eigenvalue weighted by atomic mass is 79.9. The van der Waals surface area contributed by atoms with Gasteiger partial charge in [-0.15, -0.1) is 0 Å². The molecule has 0 saturated carbocycles. The summed E-state index contributed by atoms with van der Waals surface area (Å²) in [4.78, 5) is 17.7. The molecule has 5 aromatic rings. The average Bonchev–Trinajstić information content (AvgIpc) is 3.30. The van der Waals surface area contributed by atoms with Gasteiger partial charge in [0.1, 0.15) is 0 Å². The van der Waals surface area contributed by atoms with E-state index in [2.05, 4.69) is 38.1 Å². The highest BCUT2D eigenvalue weighted by Gasteiger charge is 2.19. The summed E-state index contributed by atoms with van der Waals surface area (Å²) in [6.07, 6.45) is 0.923. The van der Waals surface area contributed by atoms with Crippen molar-refractivity contribution in [3.8, 4) is 28.7 Å². The van der Waals surface area contributed by atoms with Crippen LogP contribution in [0.5, 0.6) is 0 Å². The summed E-state index contributed by atoms with van der Waals surface area (Å²) >= 11 is 3.46. The van der Waals surface area contributed by atoms with Crippen molar-refractivity contribution in [2.45, 2.75) is 13.3 Å². The molecule has 6 nitrogen and oxygen atoms in total. The van der Waals surface area contributed by atoms with E-state index in [0.717, 1.165) is 16.5 Å². The number of nitrogens with zero attached hydrogens (tertiary/aromatic N) is 4. The quantitative estimate of drug-likeness (QED) is 0.348. The van der Waals surface area contributed by atoms with Crippen LogP contribution in [0.3, 0.4) is 0 Å². The number of aromatic nitrogens is 4. The van der Waals surface area contributed by atoms with E-state index >= 15 is 0 Å². The molecule has 0 fully saturated rings. The molecule has 0 bridgehead atoms. The van der Waals surface area contributed by atoms with Gasteiger partial charge in [0.15, 0.2) is 5.69 Å². The summed E-state index contributed by atoms with van der Waals surface area (Å²) in [5, 5.41) is 9.95. The smallest absolute Gasteiger partial charge is 0.279 e. The van der Waals surface area contributed by atoms with Gasteiger partial charge in [0.05, 0.1) is 11.1 Å². The molecule has 152 valence electrons. The maximum atomic E-state index is 13.2. The first kappa shape index (κ1) is 19.4. The lowest BCUT2D eigenvalue weighted by molar-refractivity contribution is 0.430. The Morgan fingerprint density at radius 2 is 1.74 bits per heavy atom. The molecule has 5 rings (SSSR count). The van der Waals surface area contributed by atoms with Crippen LogP contribution in [0.4, 0.5) is 0 Å². The highest BCUT2D eigenvalue weighted by Crippen LogP contribution is 2.27. The van der Waals surface area contributed by atoms with E-state index in [0.29, 0.717) is 28.0 Å². The normalized spacial score (nSPS) is 11.2. The zero-order chi connectivity index (χ0) is 21.4. The van der Waals surface area contributed by atoms with Crippen molar-refractivity contribution in [2.75, 3.05) is 0 Å². The van der Waals surface area contributed by atoms with Crippen LogP contribution < -0.4 is 5.56 Å². The van der Waals surface area contributed by atoms with Crippen LogP contribution in [0.25, 0.3) is 39.4 Å². The van der Waals surface area contributed by atoms with Gasteiger partial charge in [-0.05, 0) is 42.3 Å². The summed E-state index contributed by atoms with van der Waals surface area (Å²) in [5.41, 5.74) is 2.95. The molecule has 0 spiro atoms. The first-order valence-corrected chi connectivity index (χ1v) is 10.6. The molecule has 0 unspecified atom stereocenters. The zero-order valence-electron chi connectivity index (χ0n) is 16.6. The Morgan fingerprint density at radius 1 is 0.968 bits per heavy atom. The Hall–Kier alpha value is -3.58. The van der Waals surface area contributed by atoms with E-state index < -0.39 is 0 Å². The Balaban J connectivity index is 1.70. The number of benzene rings is 3. The van der Waals surface area contributed by atoms with Crippen molar-refractivity contribution in [3.05, 3.63) is 93.2 Å². The van der Waals surface area contributed by atoms with E-state index in [-0.39, 0.29) is 11.4 Å². The van der Waals surface area contributed by atoms with Crippen LogP contribution in [0, 0.1) is 0 Å². The molecule has 0 saturated heterocycles. The SMILES string of the molecule is CCc1ccc(-n2nc(-c3nc(-c4cccc(Br)c4)no3)c3ccccc3c2=O)cc1. The largest absolute Gasteiger partial charge is 0.332 e. The Bertz CT molecular complexity index is 1450. The lowest BCUT2D eigenvalue weighted by atomic mass is 10.1. The fraction of sp³-hybridized carbons (Fsp3) is 0.0833. The Kier molecular flexibility index (Phi) is 4.95. The molecule has 0 atom stereocenters. The van der Waals surface area contributed by atoms with Crippen molar-refractivity contribution < 1.29 is 4.52 Å². The van der Waals surface area contributed by atoms with Gasteiger partial charge in [0, 0.05) is 15.4 Å². The minimum absolute atomic E-state index is 0.199. The Labute approximate surface area is 186 Å². The van der Waals surface area contributed by atoms with Crippen LogP contribution >= 0.6 is 15.9 Å². The summed E-state index contributed by atoms with van der Waals surface area (Å²) in [7, 11) is 0. The fourth-order valence-corrected chi connectivity index (χ4v) is 3.86. The highest BCUT2D eigenvalue weighted by molar-refractivity contribution is 9.10. The third-order valence-corrected chi connectivity index (χ3v) is 5.60. The second-order valence-electron chi connectivity index (χ2n) is 7.06. The molecule has 0 radical (unpaired) electrons. The van der Waals surface area contributed by atoms with E-state index in [9.17, 15) is 4.79 Å². The molecule has 0 aliphatic rings. The summed E-state index contributed by atoms with van der Waals surface area (Å²) in [6.45, 7) is 2.09. The third-order valence-electron chi connectivity index (χ3n) is 5.11. The van der Waals surface area contributed by atoms with Gasteiger partial charge < -0.3 is 4.52 Å². The fourth-order valence-electron chi connectivity index (χ4n) is 3.46. The molecule has 7 heteroatoms. The molecule has 0 aliphatic carbocycles. The summed E-state index contributed by atoms with van der Waals surface area (Å²) in [6, 6.07) is 22.8. The van der Waals surface area contributed by atoms with Gasteiger partial charge in [0.25, 0.3) is 11.4 Å². The molecule has 31 heavy (non-hydrogen) atoms. The molecule has 0 amide bonds. The van der Waals surface area contributed by atoms with Gasteiger partial charge in [-0.3, -0.25) is 4.79 Å². The molecule has 0 aliphatic heterocycles. The van der Waals surface area contributed by atoms with E-state index in [1.54, 1.807) is 6.07 Å². The summed E-state index contributed by atoms with van der Waals surface area (Å²) < 4.78 is 7.88. The van der Waals surface area contributed by atoms with Crippen molar-refractivity contribution in [1.82, 2.24) is 19.9 Å². The number of fused-ring (bicyclic) bond motifs is 1. The number of hydrogen-bond acceptors (Lipinski definition) is 5. The van der Waals surface area contributed by atoms with E-state index in [1.807, 2.05) is 66.7 Å². The molecular formula is C24H17BrN4O2. The topological polar surface area (TPSA) is 73.8 Å². The Morgan fingerprint density at radius 3 is 2.48 bits per heavy atom. The predicted octanol–water partition coefficient (Wildman–Crippen LogP) is 5.43. The van der Waals surface area contributed by atoms with Crippen LogP contribution in [0.2, 0.25) is 0 Å². The second-order valence-corrected chi connectivity index (χ2v) is 7.98.